The van der Waals surface area contributed by atoms with Crippen LogP contribution in [0.15, 0.2) is 42.6 Å². The van der Waals surface area contributed by atoms with E-state index in [1.165, 1.54) is 11.1 Å². The number of aromatic amines is 1. The van der Waals surface area contributed by atoms with Gasteiger partial charge < -0.3 is 10.1 Å². The molecule has 0 bridgehead atoms. The molecule has 4 heteroatoms. The zero-order valence-electron chi connectivity index (χ0n) is 11.9. The van der Waals surface area contributed by atoms with Gasteiger partial charge in [0.15, 0.2) is 0 Å². The number of nitrogens with zero attached hydrogens (tertiary/aromatic N) is 1. The lowest BCUT2D eigenvalue weighted by molar-refractivity contribution is 0.414. The van der Waals surface area contributed by atoms with E-state index >= 15 is 0 Å². The van der Waals surface area contributed by atoms with E-state index in [9.17, 15) is 0 Å². The first kappa shape index (κ1) is 12.3. The number of fused-ring (bicyclic) bond motifs is 2. The average molecular weight is 279 g/mol. The van der Waals surface area contributed by atoms with Gasteiger partial charge >= 0.3 is 0 Å². The first-order valence-corrected chi connectivity index (χ1v) is 7.20. The number of rotatable bonds is 3. The molecule has 1 aliphatic carbocycles. The van der Waals surface area contributed by atoms with Gasteiger partial charge in [0.2, 0.25) is 0 Å². The second kappa shape index (κ2) is 4.81. The van der Waals surface area contributed by atoms with Crippen molar-refractivity contribution in [3.05, 3.63) is 53.7 Å². The van der Waals surface area contributed by atoms with Crippen LogP contribution in [0.1, 0.15) is 23.6 Å². The molecule has 1 aliphatic rings. The summed E-state index contributed by atoms with van der Waals surface area (Å²) in [6.07, 6.45) is 4.07. The Hall–Kier alpha value is -2.49. The third-order valence-corrected chi connectivity index (χ3v) is 4.21. The van der Waals surface area contributed by atoms with Gasteiger partial charge in [-0.05, 0) is 54.3 Å². The number of hydrogen-bond donors (Lipinski definition) is 2. The van der Waals surface area contributed by atoms with Crippen molar-refractivity contribution < 1.29 is 4.74 Å². The van der Waals surface area contributed by atoms with Crippen molar-refractivity contribution in [2.45, 2.75) is 18.9 Å². The Morgan fingerprint density at radius 3 is 3.10 bits per heavy atom. The summed E-state index contributed by atoms with van der Waals surface area (Å²) in [5, 5.41) is 11.8. The highest BCUT2D eigenvalue weighted by molar-refractivity contribution is 5.81. The maximum Gasteiger partial charge on any atom is 0.119 e. The second-order valence-corrected chi connectivity index (χ2v) is 5.47. The summed E-state index contributed by atoms with van der Waals surface area (Å²) >= 11 is 0. The van der Waals surface area contributed by atoms with Crippen LogP contribution in [0.25, 0.3) is 10.9 Å². The molecule has 2 aromatic carbocycles. The average Bonchev–Trinajstić information content (AvgIpc) is 3.13. The predicted molar refractivity (Wildman–Crippen MR) is 83.8 cm³/mol. The maximum atomic E-state index is 5.34. The number of methoxy groups -OCH3 is 1. The molecule has 2 N–H and O–H groups in total. The molecule has 1 aromatic heterocycles. The predicted octanol–water partition coefficient (Wildman–Crippen LogP) is 3.67. The van der Waals surface area contributed by atoms with E-state index in [-0.39, 0.29) is 0 Å². The molecular weight excluding hydrogens is 262 g/mol. The standard InChI is InChI=1S/C17H17N3O/c1-21-14-6-3-11-4-7-16(15(11)9-14)19-13-5-2-12-10-18-20-17(12)8-13/h2-3,5-6,8-10,16,19H,4,7H2,1H3,(H,18,20). The van der Waals surface area contributed by atoms with E-state index in [1.54, 1.807) is 7.11 Å². The lowest BCUT2D eigenvalue weighted by Gasteiger charge is -2.16. The lowest BCUT2D eigenvalue weighted by atomic mass is 10.1. The minimum atomic E-state index is 0.343. The van der Waals surface area contributed by atoms with Gasteiger partial charge in [-0.15, -0.1) is 0 Å². The van der Waals surface area contributed by atoms with Crippen molar-refractivity contribution in [1.29, 1.82) is 0 Å². The Bertz CT molecular complexity index is 794. The van der Waals surface area contributed by atoms with Crippen LogP contribution in [-0.4, -0.2) is 17.3 Å². The fraction of sp³-hybridized carbons (Fsp3) is 0.235. The van der Waals surface area contributed by atoms with Gasteiger partial charge in [0.05, 0.1) is 24.9 Å². The summed E-state index contributed by atoms with van der Waals surface area (Å²) in [7, 11) is 1.71. The molecule has 3 aromatic rings. The zero-order valence-corrected chi connectivity index (χ0v) is 11.9. The smallest absolute Gasteiger partial charge is 0.119 e. The molecule has 1 heterocycles. The molecule has 1 atom stereocenters. The Morgan fingerprint density at radius 1 is 1.24 bits per heavy atom. The van der Waals surface area contributed by atoms with E-state index in [2.05, 4.69) is 45.8 Å². The van der Waals surface area contributed by atoms with E-state index in [1.807, 2.05) is 12.3 Å². The van der Waals surface area contributed by atoms with Gasteiger partial charge in [-0.25, -0.2) is 0 Å². The summed E-state index contributed by atoms with van der Waals surface area (Å²) in [4.78, 5) is 0. The first-order chi connectivity index (χ1) is 10.3. The highest BCUT2D eigenvalue weighted by Crippen LogP contribution is 2.36. The summed E-state index contributed by atoms with van der Waals surface area (Å²) in [5.41, 5.74) is 4.94. The summed E-state index contributed by atoms with van der Waals surface area (Å²) in [6.45, 7) is 0. The summed E-state index contributed by atoms with van der Waals surface area (Å²) in [5.74, 6) is 0.923. The normalized spacial score (nSPS) is 16.9. The van der Waals surface area contributed by atoms with Crippen LogP contribution in [0.4, 0.5) is 5.69 Å². The molecule has 0 saturated carbocycles. The van der Waals surface area contributed by atoms with E-state index in [0.717, 1.165) is 35.2 Å². The second-order valence-electron chi connectivity index (χ2n) is 5.47. The van der Waals surface area contributed by atoms with Crippen molar-refractivity contribution >= 4 is 16.6 Å². The number of aryl methyl sites for hydroxylation is 1. The van der Waals surface area contributed by atoms with Gasteiger partial charge in [-0.2, -0.15) is 5.10 Å². The Morgan fingerprint density at radius 2 is 2.19 bits per heavy atom. The van der Waals surface area contributed by atoms with Crippen molar-refractivity contribution in [3.8, 4) is 5.75 Å². The van der Waals surface area contributed by atoms with Gasteiger partial charge in [0.25, 0.3) is 0 Å². The fourth-order valence-electron chi connectivity index (χ4n) is 3.09. The van der Waals surface area contributed by atoms with Crippen molar-refractivity contribution in [1.82, 2.24) is 10.2 Å². The number of ether oxygens (including phenoxy) is 1. The molecule has 0 radical (unpaired) electrons. The molecule has 0 saturated heterocycles. The Kier molecular flexibility index (Phi) is 2.81. The highest BCUT2D eigenvalue weighted by atomic mass is 16.5. The van der Waals surface area contributed by atoms with Crippen LogP contribution in [0, 0.1) is 0 Å². The van der Waals surface area contributed by atoms with Crippen LogP contribution in [0.2, 0.25) is 0 Å². The number of hydrogen-bond acceptors (Lipinski definition) is 3. The van der Waals surface area contributed by atoms with Crippen LogP contribution < -0.4 is 10.1 Å². The first-order valence-electron chi connectivity index (χ1n) is 7.20. The quantitative estimate of drug-likeness (QED) is 0.769. The topological polar surface area (TPSA) is 49.9 Å². The number of nitrogens with one attached hydrogen (secondary N) is 2. The van der Waals surface area contributed by atoms with E-state index in [0.29, 0.717) is 6.04 Å². The van der Waals surface area contributed by atoms with Crippen LogP contribution in [0.5, 0.6) is 5.75 Å². The summed E-state index contributed by atoms with van der Waals surface area (Å²) in [6, 6.07) is 13.0. The molecule has 4 nitrogen and oxygen atoms in total. The number of benzene rings is 2. The van der Waals surface area contributed by atoms with E-state index in [4.69, 9.17) is 4.74 Å². The molecule has 106 valence electrons. The largest absolute Gasteiger partial charge is 0.497 e. The van der Waals surface area contributed by atoms with Crippen LogP contribution in [0.3, 0.4) is 0 Å². The van der Waals surface area contributed by atoms with Gasteiger partial charge in [-0.1, -0.05) is 6.07 Å². The molecule has 0 amide bonds. The molecule has 4 rings (SSSR count). The maximum absolute atomic E-state index is 5.34. The molecule has 0 aliphatic heterocycles. The minimum absolute atomic E-state index is 0.343. The van der Waals surface area contributed by atoms with Crippen molar-refractivity contribution in [2.24, 2.45) is 0 Å². The molecule has 0 fully saturated rings. The van der Waals surface area contributed by atoms with Crippen LogP contribution in [-0.2, 0) is 6.42 Å². The number of aromatic nitrogens is 2. The highest BCUT2D eigenvalue weighted by Gasteiger charge is 2.22. The Labute approximate surface area is 123 Å². The molecule has 21 heavy (non-hydrogen) atoms. The third kappa shape index (κ3) is 2.13. The minimum Gasteiger partial charge on any atom is -0.497 e. The van der Waals surface area contributed by atoms with Crippen LogP contribution >= 0.6 is 0 Å². The van der Waals surface area contributed by atoms with Gasteiger partial charge in [0, 0.05) is 11.1 Å². The summed E-state index contributed by atoms with van der Waals surface area (Å²) < 4.78 is 5.34. The molecular formula is C17H17N3O. The monoisotopic (exact) mass is 279 g/mol. The third-order valence-electron chi connectivity index (χ3n) is 4.21. The Balaban J connectivity index is 1.64. The van der Waals surface area contributed by atoms with E-state index < -0.39 is 0 Å². The van der Waals surface area contributed by atoms with Crippen molar-refractivity contribution in [3.63, 3.8) is 0 Å². The van der Waals surface area contributed by atoms with Gasteiger partial charge in [-0.3, -0.25) is 5.10 Å². The van der Waals surface area contributed by atoms with Gasteiger partial charge in [0.1, 0.15) is 5.75 Å². The molecule has 1 unspecified atom stereocenters. The number of anilines is 1. The fourth-order valence-corrected chi connectivity index (χ4v) is 3.09. The number of H-pyrrole nitrogens is 1. The lowest BCUT2D eigenvalue weighted by Crippen LogP contribution is -2.07. The zero-order chi connectivity index (χ0) is 14.2. The SMILES string of the molecule is COc1ccc2c(c1)C(Nc1ccc3cn[nH]c3c1)CC2. The van der Waals surface area contributed by atoms with Crippen molar-refractivity contribution in [2.75, 3.05) is 12.4 Å². The molecule has 0 spiro atoms.